The second-order valence-corrected chi connectivity index (χ2v) is 5.49. The van der Waals surface area contributed by atoms with Crippen LogP contribution in [0.4, 0.5) is 4.39 Å². The van der Waals surface area contributed by atoms with Gasteiger partial charge in [0.25, 0.3) is 0 Å². The third kappa shape index (κ3) is 3.87. The summed E-state index contributed by atoms with van der Waals surface area (Å²) >= 11 is 2.13. The number of nitrogens with zero attached hydrogens (tertiary/aromatic N) is 1. The fourth-order valence-corrected chi connectivity index (χ4v) is 2.55. The van der Waals surface area contributed by atoms with Crippen LogP contribution in [-0.4, -0.2) is 6.61 Å². The van der Waals surface area contributed by atoms with E-state index < -0.39 is 5.82 Å². The van der Waals surface area contributed by atoms with Gasteiger partial charge in [0.1, 0.15) is 18.2 Å². The molecule has 22 heavy (non-hydrogen) atoms. The van der Waals surface area contributed by atoms with Gasteiger partial charge in [-0.25, -0.2) is 4.39 Å². The molecule has 108 valence electrons. The molecule has 0 aliphatic heterocycles. The smallest absolute Gasteiger partial charge is 0.148 e. The highest BCUT2D eigenvalue weighted by atomic mass is 127. The van der Waals surface area contributed by atoms with E-state index in [9.17, 15) is 9.65 Å². The number of hydrogen-bond donors (Lipinski definition) is 0. The standard InChI is InChI=1S/C18H11FINO/c1-2-9-22-18-8-7-13(11-17(18)20)10-14(12-21)15-5-3-4-6-16(15)19/h1,3-8,10-11H,9H2/b14-10-. The lowest BCUT2D eigenvalue weighted by Crippen LogP contribution is -1.95. The molecule has 0 saturated carbocycles. The molecule has 0 aliphatic carbocycles. The zero-order valence-corrected chi connectivity index (χ0v) is 13.7. The van der Waals surface area contributed by atoms with Crippen LogP contribution in [0.15, 0.2) is 42.5 Å². The van der Waals surface area contributed by atoms with Crippen molar-refractivity contribution >= 4 is 34.2 Å². The van der Waals surface area contributed by atoms with Crippen molar-refractivity contribution in [3.63, 3.8) is 0 Å². The largest absolute Gasteiger partial charge is 0.480 e. The predicted octanol–water partition coefficient (Wildman–Crippen LogP) is 4.51. The first-order chi connectivity index (χ1) is 10.7. The van der Waals surface area contributed by atoms with E-state index in [0.29, 0.717) is 5.75 Å². The predicted molar refractivity (Wildman–Crippen MR) is 93.4 cm³/mol. The second kappa shape index (κ2) is 7.63. The summed E-state index contributed by atoms with van der Waals surface area (Å²) in [5, 5.41) is 9.27. The van der Waals surface area contributed by atoms with Crippen molar-refractivity contribution in [2.45, 2.75) is 0 Å². The van der Waals surface area contributed by atoms with Crippen LogP contribution < -0.4 is 4.74 Å². The summed E-state index contributed by atoms with van der Waals surface area (Å²) in [5.74, 6) is 2.67. The molecule has 0 radical (unpaired) electrons. The second-order valence-electron chi connectivity index (χ2n) is 4.33. The molecule has 2 nitrogen and oxygen atoms in total. The summed E-state index contributed by atoms with van der Waals surface area (Å²) in [6.07, 6.45) is 6.80. The molecule has 0 fully saturated rings. The van der Waals surface area contributed by atoms with E-state index in [0.717, 1.165) is 9.13 Å². The molecule has 0 bridgehead atoms. The Morgan fingerprint density at radius 2 is 2.09 bits per heavy atom. The van der Waals surface area contributed by atoms with E-state index in [-0.39, 0.29) is 17.7 Å². The first-order valence-electron chi connectivity index (χ1n) is 6.38. The molecule has 4 heteroatoms. The first-order valence-corrected chi connectivity index (χ1v) is 7.46. The van der Waals surface area contributed by atoms with E-state index >= 15 is 0 Å². The monoisotopic (exact) mass is 403 g/mol. The van der Waals surface area contributed by atoms with Gasteiger partial charge in [-0.05, 0) is 52.4 Å². The Bertz CT molecular complexity index is 799. The fraction of sp³-hybridized carbons (Fsp3) is 0.0556. The summed E-state index contributed by atoms with van der Waals surface area (Å²) in [6, 6.07) is 13.7. The van der Waals surface area contributed by atoms with Gasteiger partial charge >= 0.3 is 0 Å². The molecule has 0 saturated heterocycles. The molecular weight excluding hydrogens is 392 g/mol. The van der Waals surface area contributed by atoms with Crippen molar-refractivity contribution in [1.82, 2.24) is 0 Å². The Morgan fingerprint density at radius 1 is 1.32 bits per heavy atom. The van der Waals surface area contributed by atoms with Crippen molar-refractivity contribution in [3.8, 4) is 24.2 Å². The normalized spacial score (nSPS) is 10.6. The number of benzene rings is 2. The number of allylic oxidation sites excluding steroid dienone is 1. The van der Waals surface area contributed by atoms with Crippen LogP contribution in [0.1, 0.15) is 11.1 Å². The van der Waals surface area contributed by atoms with Crippen molar-refractivity contribution in [1.29, 1.82) is 5.26 Å². The Kier molecular flexibility index (Phi) is 5.57. The molecule has 2 aromatic carbocycles. The fourth-order valence-electron chi connectivity index (χ4n) is 1.86. The van der Waals surface area contributed by atoms with Gasteiger partial charge in [0.05, 0.1) is 15.2 Å². The maximum Gasteiger partial charge on any atom is 0.148 e. The van der Waals surface area contributed by atoms with Crippen molar-refractivity contribution in [2.24, 2.45) is 0 Å². The van der Waals surface area contributed by atoms with Crippen LogP contribution in [0.2, 0.25) is 0 Å². The summed E-state index contributed by atoms with van der Waals surface area (Å²) in [4.78, 5) is 0. The molecule has 0 spiro atoms. The molecule has 0 N–H and O–H groups in total. The highest BCUT2D eigenvalue weighted by Crippen LogP contribution is 2.25. The van der Waals surface area contributed by atoms with E-state index in [4.69, 9.17) is 11.2 Å². The topological polar surface area (TPSA) is 33.0 Å². The van der Waals surface area contributed by atoms with Gasteiger partial charge in [-0.2, -0.15) is 5.26 Å². The molecule has 0 atom stereocenters. The van der Waals surface area contributed by atoms with E-state index in [1.165, 1.54) is 6.07 Å². The highest BCUT2D eigenvalue weighted by molar-refractivity contribution is 14.1. The van der Waals surface area contributed by atoms with Crippen LogP contribution in [0.25, 0.3) is 11.6 Å². The van der Waals surface area contributed by atoms with Crippen LogP contribution in [0.3, 0.4) is 0 Å². The Balaban J connectivity index is 2.36. The lowest BCUT2D eigenvalue weighted by molar-refractivity contribution is 0.368. The summed E-state index contributed by atoms with van der Waals surface area (Å²) < 4.78 is 20.0. The van der Waals surface area contributed by atoms with Crippen LogP contribution >= 0.6 is 22.6 Å². The lowest BCUT2D eigenvalue weighted by Gasteiger charge is -2.06. The van der Waals surface area contributed by atoms with Crippen molar-refractivity contribution < 1.29 is 9.13 Å². The Morgan fingerprint density at radius 3 is 2.73 bits per heavy atom. The molecule has 0 unspecified atom stereocenters. The van der Waals surface area contributed by atoms with Gasteiger partial charge in [-0.15, -0.1) is 6.42 Å². The van der Waals surface area contributed by atoms with Gasteiger partial charge in [-0.1, -0.05) is 30.2 Å². The van der Waals surface area contributed by atoms with Crippen LogP contribution in [-0.2, 0) is 0 Å². The van der Waals surface area contributed by atoms with Gasteiger partial charge in [0.15, 0.2) is 0 Å². The summed E-state index contributed by atoms with van der Waals surface area (Å²) in [5.41, 5.74) is 1.34. The molecular formula is C18H11FINO. The zero-order chi connectivity index (χ0) is 15.9. The van der Waals surface area contributed by atoms with Gasteiger partial charge in [-0.3, -0.25) is 0 Å². The SMILES string of the molecule is C#CCOc1ccc(/C=C(/C#N)c2ccccc2F)cc1I. The lowest BCUT2D eigenvalue weighted by atomic mass is 10.0. The number of hydrogen-bond acceptors (Lipinski definition) is 2. The Hall–Kier alpha value is -2.31. The number of nitriles is 1. The minimum atomic E-state index is -0.418. The van der Waals surface area contributed by atoms with Crippen molar-refractivity contribution in [2.75, 3.05) is 6.61 Å². The quantitative estimate of drug-likeness (QED) is 0.326. The maximum atomic E-state index is 13.8. The Labute approximate surface area is 142 Å². The molecule has 0 amide bonds. The zero-order valence-electron chi connectivity index (χ0n) is 11.5. The number of ether oxygens (including phenoxy) is 1. The first kappa shape index (κ1) is 16.1. The van der Waals surface area contributed by atoms with Gasteiger partial charge in [0, 0.05) is 5.56 Å². The minimum Gasteiger partial charge on any atom is -0.480 e. The molecule has 0 heterocycles. The van der Waals surface area contributed by atoms with Gasteiger partial charge in [0.2, 0.25) is 0 Å². The van der Waals surface area contributed by atoms with Crippen LogP contribution in [0, 0.1) is 33.1 Å². The third-order valence-corrected chi connectivity index (χ3v) is 3.71. The number of halogens is 2. The number of terminal acetylenes is 1. The van der Waals surface area contributed by atoms with Crippen molar-refractivity contribution in [3.05, 3.63) is 63.0 Å². The van der Waals surface area contributed by atoms with Gasteiger partial charge < -0.3 is 4.74 Å². The maximum absolute atomic E-state index is 13.8. The molecule has 2 aromatic rings. The summed E-state index contributed by atoms with van der Waals surface area (Å²) in [6.45, 7) is 0.198. The minimum absolute atomic E-state index is 0.198. The number of rotatable bonds is 4. The third-order valence-electron chi connectivity index (χ3n) is 2.86. The van der Waals surface area contributed by atoms with E-state index in [1.54, 1.807) is 36.4 Å². The molecule has 2 rings (SSSR count). The van der Waals surface area contributed by atoms with E-state index in [1.807, 2.05) is 12.1 Å². The average Bonchev–Trinajstić information content (AvgIpc) is 2.52. The molecule has 0 aromatic heterocycles. The average molecular weight is 403 g/mol. The van der Waals surface area contributed by atoms with Crippen LogP contribution in [0.5, 0.6) is 5.75 Å². The summed E-state index contributed by atoms with van der Waals surface area (Å²) in [7, 11) is 0. The highest BCUT2D eigenvalue weighted by Gasteiger charge is 2.08. The molecule has 0 aliphatic rings. The van der Waals surface area contributed by atoms with E-state index in [2.05, 4.69) is 28.5 Å².